The summed E-state index contributed by atoms with van der Waals surface area (Å²) in [6, 6.07) is 11.1. The maximum Gasteiger partial charge on any atom is 0.337 e. The van der Waals surface area contributed by atoms with E-state index in [1.807, 2.05) is 50.5 Å². The van der Waals surface area contributed by atoms with Gasteiger partial charge in [0.1, 0.15) is 5.84 Å². The summed E-state index contributed by atoms with van der Waals surface area (Å²) < 4.78 is 4.80. The summed E-state index contributed by atoms with van der Waals surface area (Å²) in [6.07, 6.45) is 4.68. The molecule has 1 heterocycles. The smallest absolute Gasteiger partial charge is 0.337 e. The third kappa shape index (κ3) is 4.57. The molecule has 2 aromatic carbocycles. The molecule has 0 fully saturated rings. The molecule has 0 radical (unpaired) electrons. The Bertz CT molecular complexity index is 1000. The van der Waals surface area contributed by atoms with Gasteiger partial charge in [-0.3, -0.25) is 4.99 Å². The number of carbonyl (C=O) groups excluding carboxylic acids is 1. The molecule has 1 aliphatic heterocycles. The minimum atomic E-state index is -0.363. The summed E-state index contributed by atoms with van der Waals surface area (Å²) in [5.41, 5.74) is 4.98. The molecule has 150 valence electrons. The van der Waals surface area contributed by atoms with E-state index in [0.29, 0.717) is 16.4 Å². The van der Waals surface area contributed by atoms with E-state index in [1.165, 1.54) is 7.11 Å². The molecule has 6 heteroatoms. The standard InChI is InChI=1S/C23H24ClN3O2/c1-5-16-12-25-13-18(16)22(27-21-14(2)7-6-8-19(21)24)26-20-10-9-17(11-15(20)3)23(28)29-4/h6-13,16H,5H2,1-4H3,(H,26,27). The normalized spacial score (nSPS) is 16.0. The van der Waals surface area contributed by atoms with Crippen LogP contribution in [-0.4, -0.2) is 25.1 Å². The Morgan fingerprint density at radius 3 is 2.69 bits per heavy atom. The van der Waals surface area contributed by atoms with Gasteiger partial charge < -0.3 is 10.1 Å². The number of rotatable bonds is 5. The van der Waals surface area contributed by atoms with Crippen LogP contribution in [0.15, 0.2) is 58.2 Å². The van der Waals surface area contributed by atoms with Crippen molar-refractivity contribution >= 4 is 41.0 Å². The second-order valence-corrected chi connectivity index (χ2v) is 7.32. The summed E-state index contributed by atoms with van der Waals surface area (Å²) >= 11 is 6.42. The topological polar surface area (TPSA) is 63.0 Å². The number of aryl methyl sites for hydroxylation is 2. The molecular formula is C23H24ClN3O2. The highest BCUT2D eigenvalue weighted by Crippen LogP contribution is 2.31. The summed E-state index contributed by atoms with van der Waals surface area (Å²) in [5.74, 6) is 0.511. The van der Waals surface area contributed by atoms with Crippen molar-refractivity contribution in [3.05, 3.63) is 69.9 Å². The zero-order chi connectivity index (χ0) is 21.0. The first-order chi connectivity index (χ1) is 13.9. The average molecular weight is 410 g/mol. The molecule has 0 aromatic heterocycles. The van der Waals surface area contributed by atoms with Crippen LogP contribution in [-0.2, 0) is 4.74 Å². The number of esters is 1. The van der Waals surface area contributed by atoms with Crippen molar-refractivity contribution in [1.29, 1.82) is 0 Å². The first kappa shape index (κ1) is 20.8. The Labute approximate surface area is 176 Å². The second-order valence-electron chi connectivity index (χ2n) is 6.91. The van der Waals surface area contributed by atoms with Gasteiger partial charge in [0.15, 0.2) is 0 Å². The van der Waals surface area contributed by atoms with E-state index in [4.69, 9.17) is 21.3 Å². The minimum absolute atomic E-state index is 0.179. The maximum atomic E-state index is 11.8. The Morgan fingerprint density at radius 1 is 1.24 bits per heavy atom. The molecule has 1 atom stereocenters. The number of carbonyl (C=O) groups is 1. The second kappa shape index (κ2) is 9.05. The van der Waals surface area contributed by atoms with E-state index in [9.17, 15) is 4.79 Å². The molecule has 1 aliphatic rings. The van der Waals surface area contributed by atoms with Gasteiger partial charge >= 0.3 is 5.97 Å². The predicted octanol–water partition coefficient (Wildman–Crippen LogP) is 5.88. The lowest BCUT2D eigenvalue weighted by atomic mass is 9.98. The van der Waals surface area contributed by atoms with Gasteiger partial charge in [0.25, 0.3) is 0 Å². The van der Waals surface area contributed by atoms with Crippen molar-refractivity contribution < 1.29 is 9.53 Å². The lowest BCUT2D eigenvalue weighted by Crippen LogP contribution is -2.20. The van der Waals surface area contributed by atoms with Crippen LogP contribution in [0.25, 0.3) is 0 Å². The van der Waals surface area contributed by atoms with Crippen LogP contribution in [0.3, 0.4) is 0 Å². The van der Waals surface area contributed by atoms with Crippen molar-refractivity contribution in [3.63, 3.8) is 0 Å². The molecule has 5 nitrogen and oxygen atoms in total. The number of hydrogen-bond acceptors (Lipinski definition) is 4. The fourth-order valence-corrected chi connectivity index (χ4v) is 3.45. The first-order valence-corrected chi connectivity index (χ1v) is 9.86. The fourth-order valence-electron chi connectivity index (χ4n) is 3.18. The molecule has 1 N–H and O–H groups in total. The van der Waals surface area contributed by atoms with E-state index in [2.05, 4.69) is 17.2 Å². The third-order valence-electron chi connectivity index (χ3n) is 4.91. The van der Waals surface area contributed by atoms with E-state index in [-0.39, 0.29) is 11.9 Å². The van der Waals surface area contributed by atoms with Gasteiger partial charge in [-0.25, -0.2) is 9.79 Å². The number of benzene rings is 2. The highest BCUT2D eigenvalue weighted by Gasteiger charge is 2.21. The van der Waals surface area contributed by atoms with E-state index >= 15 is 0 Å². The Hall–Kier alpha value is -2.92. The van der Waals surface area contributed by atoms with Crippen molar-refractivity contribution in [2.45, 2.75) is 27.2 Å². The van der Waals surface area contributed by atoms with Crippen LogP contribution in [0.4, 0.5) is 11.4 Å². The van der Waals surface area contributed by atoms with Crippen LogP contribution >= 0.6 is 11.6 Å². The summed E-state index contributed by atoms with van der Waals surface area (Å²) in [4.78, 5) is 21.0. The number of amidine groups is 1. The zero-order valence-electron chi connectivity index (χ0n) is 17.0. The number of ether oxygens (including phenoxy) is 1. The van der Waals surface area contributed by atoms with Crippen molar-refractivity contribution in [1.82, 2.24) is 0 Å². The van der Waals surface area contributed by atoms with E-state index in [1.54, 1.807) is 12.1 Å². The Kier molecular flexibility index (Phi) is 6.49. The van der Waals surface area contributed by atoms with Gasteiger partial charge in [0.05, 0.1) is 23.4 Å². The van der Waals surface area contributed by atoms with Gasteiger partial charge in [0.2, 0.25) is 0 Å². The molecule has 2 aromatic rings. The van der Waals surface area contributed by atoms with Gasteiger partial charge in [-0.05, 0) is 55.7 Å². The number of methoxy groups -OCH3 is 1. The SMILES string of the molecule is CCC1C=NC=C1C(=Nc1c(C)cccc1Cl)Nc1ccc(C(=O)OC)cc1C. The largest absolute Gasteiger partial charge is 0.465 e. The van der Waals surface area contributed by atoms with Crippen LogP contribution < -0.4 is 5.32 Å². The number of para-hydroxylation sites is 1. The Morgan fingerprint density at radius 2 is 2.03 bits per heavy atom. The third-order valence-corrected chi connectivity index (χ3v) is 5.21. The number of hydrogen-bond donors (Lipinski definition) is 1. The zero-order valence-corrected chi connectivity index (χ0v) is 17.7. The summed E-state index contributed by atoms with van der Waals surface area (Å²) in [7, 11) is 1.37. The summed E-state index contributed by atoms with van der Waals surface area (Å²) in [5, 5.41) is 4.02. The molecule has 0 spiro atoms. The minimum Gasteiger partial charge on any atom is -0.465 e. The number of nitrogens with zero attached hydrogens (tertiary/aromatic N) is 2. The lowest BCUT2D eigenvalue weighted by Gasteiger charge is -2.18. The van der Waals surface area contributed by atoms with E-state index < -0.39 is 0 Å². The van der Waals surface area contributed by atoms with Crippen LogP contribution in [0.5, 0.6) is 0 Å². The number of halogens is 1. The highest BCUT2D eigenvalue weighted by atomic mass is 35.5. The van der Waals surface area contributed by atoms with Crippen LogP contribution in [0.2, 0.25) is 5.02 Å². The molecule has 0 bridgehead atoms. The van der Waals surface area contributed by atoms with Gasteiger partial charge in [0, 0.05) is 29.6 Å². The monoisotopic (exact) mass is 409 g/mol. The van der Waals surface area contributed by atoms with Gasteiger partial charge in [-0.2, -0.15) is 0 Å². The lowest BCUT2D eigenvalue weighted by molar-refractivity contribution is 0.0600. The van der Waals surface area contributed by atoms with Gasteiger partial charge in [-0.15, -0.1) is 0 Å². The molecule has 29 heavy (non-hydrogen) atoms. The molecule has 0 amide bonds. The molecule has 0 aliphatic carbocycles. The number of aliphatic imine (C=N–C) groups is 2. The molecular weight excluding hydrogens is 386 g/mol. The summed E-state index contributed by atoms with van der Waals surface area (Å²) in [6.45, 7) is 6.03. The maximum absolute atomic E-state index is 11.8. The molecule has 1 unspecified atom stereocenters. The molecule has 0 saturated heterocycles. The van der Waals surface area contributed by atoms with E-state index in [0.717, 1.165) is 34.5 Å². The van der Waals surface area contributed by atoms with Crippen molar-refractivity contribution in [3.8, 4) is 0 Å². The van der Waals surface area contributed by atoms with Crippen LogP contribution in [0.1, 0.15) is 34.8 Å². The fraction of sp³-hybridized carbons (Fsp3) is 0.261. The predicted molar refractivity (Wildman–Crippen MR) is 120 cm³/mol. The van der Waals surface area contributed by atoms with Crippen molar-refractivity contribution in [2.75, 3.05) is 12.4 Å². The highest BCUT2D eigenvalue weighted by molar-refractivity contribution is 6.33. The quantitative estimate of drug-likeness (QED) is 0.381. The Balaban J connectivity index is 2.03. The van der Waals surface area contributed by atoms with Crippen molar-refractivity contribution in [2.24, 2.45) is 15.9 Å². The molecule has 3 rings (SSSR count). The van der Waals surface area contributed by atoms with Crippen LogP contribution in [0, 0.1) is 19.8 Å². The molecule has 0 saturated carbocycles. The first-order valence-electron chi connectivity index (χ1n) is 9.48. The van der Waals surface area contributed by atoms with Gasteiger partial charge in [-0.1, -0.05) is 30.7 Å². The average Bonchev–Trinajstić information content (AvgIpc) is 3.19. The number of anilines is 1. The number of nitrogens with one attached hydrogen (secondary N) is 1.